The van der Waals surface area contributed by atoms with Gasteiger partial charge in [0.1, 0.15) is 5.52 Å². The van der Waals surface area contributed by atoms with Crippen LogP contribution in [0, 0.1) is 5.95 Å². The molecule has 84 valence electrons. The Morgan fingerprint density at radius 2 is 2.06 bits per heavy atom. The van der Waals surface area contributed by atoms with Gasteiger partial charge in [0, 0.05) is 17.2 Å². The number of nitrogens with zero attached hydrogens (tertiary/aromatic N) is 2. The Morgan fingerprint density at radius 3 is 2.88 bits per heavy atom. The molecular weight excluding hydrogens is 239 g/mol. The van der Waals surface area contributed by atoms with Gasteiger partial charge in [0.2, 0.25) is 5.95 Å². The van der Waals surface area contributed by atoms with Crippen molar-refractivity contribution >= 4 is 22.9 Å². The van der Waals surface area contributed by atoms with E-state index < -0.39 is 5.95 Å². The molecule has 0 aliphatic heterocycles. The second kappa shape index (κ2) is 4.18. The van der Waals surface area contributed by atoms with Crippen molar-refractivity contribution in [2.45, 2.75) is 10.1 Å². The molecule has 3 rings (SSSR count). The normalized spacial score (nSPS) is 10.9. The lowest BCUT2D eigenvalue weighted by Crippen LogP contribution is -1.81. The summed E-state index contributed by atoms with van der Waals surface area (Å²) < 4.78 is 18.4. The summed E-state index contributed by atoms with van der Waals surface area (Å²) in [5.74, 6) is -0.508. The fourth-order valence-corrected chi connectivity index (χ4v) is 2.21. The summed E-state index contributed by atoms with van der Waals surface area (Å²) in [6.07, 6.45) is 1.42. The molecule has 0 spiro atoms. The second-order valence-electron chi connectivity index (χ2n) is 3.36. The van der Waals surface area contributed by atoms with E-state index in [9.17, 15) is 4.39 Å². The molecule has 0 saturated carbocycles. The van der Waals surface area contributed by atoms with E-state index in [1.807, 2.05) is 24.3 Å². The number of hydrogen-bond acceptors (Lipinski definition) is 4. The van der Waals surface area contributed by atoms with Gasteiger partial charge in [0.05, 0.1) is 0 Å². The Morgan fingerprint density at radius 1 is 1.18 bits per heavy atom. The van der Waals surface area contributed by atoms with Crippen LogP contribution < -0.4 is 0 Å². The molecule has 17 heavy (non-hydrogen) atoms. The number of pyridine rings is 1. The predicted octanol–water partition coefficient (Wildman–Crippen LogP) is 3.51. The number of benzene rings is 1. The smallest absolute Gasteiger partial charge is 0.261 e. The molecule has 0 saturated heterocycles. The van der Waals surface area contributed by atoms with Crippen LogP contribution in [0.3, 0.4) is 0 Å². The molecule has 0 fully saturated rings. The number of oxazole rings is 1. The largest absolute Gasteiger partial charge is 0.431 e. The van der Waals surface area contributed by atoms with Gasteiger partial charge in [-0.3, -0.25) is 0 Å². The Balaban J connectivity index is 1.94. The number of rotatable bonds is 2. The first-order chi connectivity index (χ1) is 8.31. The Labute approximate surface area is 101 Å². The Kier molecular flexibility index (Phi) is 2.53. The van der Waals surface area contributed by atoms with Crippen LogP contribution in [0.4, 0.5) is 4.39 Å². The van der Waals surface area contributed by atoms with Crippen LogP contribution in [0.1, 0.15) is 0 Å². The van der Waals surface area contributed by atoms with Crippen molar-refractivity contribution < 1.29 is 8.81 Å². The molecule has 0 unspecified atom stereocenters. The van der Waals surface area contributed by atoms with E-state index in [-0.39, 0.29) is 0 Å². The fourth-order valence-electron chi connectivity index (χ4n) is 1.44. The monoisotopic (exact) mass is 246 g/mol. The summed E-state index contributed by atoms with van der Waals surface area (Å²) in [5, 5.41) is 0.497. The molecule has 5 heteroatoms. The van der Waals surface area contributed by atoms with E-state index in [1.54, 1.807) is 6.07 Å². The van der Waals surface area contributed by atoms with Crippen molar-refractivity contribution in [2.24, 2.45) is 0 Å². The highest BCUT2D eigenvalue weighted by molar-refractivity contribution is 7.99. The lowest BCUT2D eigenvalue weighted by molar-refractivity contribution is 0.489. The van der Waals surface area contributed by atoms with Gasteiger partial charge in [-0.1, -0.05) is 12.1 Å². The molecule has 0 aliphatic carbocycles. The number of para-hydroxylation sites is 2. The third-order valence-corrected chi connectivity index (χ3v) is 3.02. The first kappa shape index (κ1) is 10.3. The first-order valence-electron chi connectivity index (χ1n) is 4.96. The standard InChI is InChI=1S/C12H7FN2OS/c13-11-7-8(5-6-14-11)17-12-15-9-3-1-2-4-10(9)16-12/h1-7H. The van der Waals surface area contributed by atoms with Crippen LogP contribution in [-0.4, -0.2) is 9.97 Å². The zero-order valence-electron chi connectivity index (χ0n) is 8.63. The minimum absolute atomic E-state index is 0.497. The van der Waals surface area contributed by atoms with E-state index in [0.29, 0.717) is 10.1 Å². The Bertz CT molecular complexity index is 635. The maximum absolute atomic E-state index is 12.9. The molecule has 3 nitrogen and oxygen atoms in total. The minimum Gasteiger partial charge on any atom is -0.431 e. The van der Waals surface area contributed by atoms with Gasteiger partial charge in [0.25, 0.3) is 5.22 Å². The van der Waals surface area contributed by atoms with Crippen molar-refractivity contribution in [2.75, 3.05) is 0 Å². The molecule has 0 amide bonds. The summed E-state index contributed by atoms with van der Waals surface area (Å²) >= 11 is 1.27. The minimum atomic E-state index is -0.508. The van der Waals surface area contributed by atoms with Gasteiger partial charge in [-0.05, 0) is 30.0 Å². The molecule has 0 aliphatic rings. The molecule has 1 aromatic carbocycles. The van der Waals surface area contributed by atoms with Crippen LogP contribution in [0.15, 0.2) is 57.1 Å². The molecule has 3 aromatic rings. The van der Waals surface area contributed by atoms with E-state index in [0.717, 1.165) is 11.1 Å². The van der Waals surface area contributed by atoms with Gasteiger partial charge in [-0.15, -0.1) is 0 Å². The SMILES string of the molecule is Fc1cc(Sc2nc3ccccc3o2)ccn1. The van der Waals surface area contributed by atoms with Crippen LogP contribution >= 0.6 is 11.8 Å². The summed E-state index contributed by atoms with van der Waals surface area (Å²) in [4.78, 5) is 8.50. The van der Waals surface area contributed by atoms with Crippen molar-refractivity contribution in [1.29, 1.82) is 0 Å². The topological polar surface area (TPSA) is 38.9 Å². The van der Waals surface area contributed by atoms with Crippen LogP contribution in [-0.2, 0) is 0 Å². The van der Waals surface area contributed by atoms with E-state index in [1.165, 1.54) is 24.0 Å². The van der Waals surface area contributed by atoms with Crippen molar-refractivity contribution in [3.05, 3.63) is 48.5 Å². The summed E-state index contributed by atoms with van der Waals surface area (Å²) in [5.41, 5.74) is 1.52. The van der Waals surface area contributed by atoms with Crippen molar-refractivity contribution in [3.8, 4) is 0 Å². The van der Waals surface area contributed by atoms with Crippen LogP contribution in [0.2, 0.25) is 0 Å². The second-order valence-corrected chi connectivity index (χ2v) is 4.39. The number of halogens is 1. The first-order valence-corrected chi connectivity index (χ1v) is 5.78. The summed E-state index contributed by atoms with van der Waals surface area (Å²) in [6.45, 7) is 0. The van der Waals surface area contributed by atoms with Gasteiger partial charge in [-0.2, -0.15) is 4.39 Å². The molecule has 2 aromatic heterocycles. The number of hydrogen-bond donors (Lipinski definition) is 0. The van der Waals surface area contributed by atoms with Crippen LogP contribution in [0.25, 0.3) is 11.1 Å². The highest BCUT2D eigenvalue weighted by Gasteiger charge is 2.07. The zero-order valence-corrected chi connectivity index (χ0v) is 9.45. The average molecular weight is 246 g/mol. The zero-order chi connectivity index (χ0) is 11.7. The van der Waals surface area contributed by atoms with Gasteiger partial charge in [-0.25, -0.2) is 9.97 Å². The number of aromatic nitrogens is 2. The third kappa shape index (κ3) is 2.14. The van der Waals surface area contributed by atoms with Gasteiger partial charge in [0.15, 0.2) is 5.58 Å². The maximum Gasteiger partial charge on any atom is 0.261 e. The Hall–Kier alpha value is -1.88. The average Bonchev–Trinajstić information content (AvgIpc) is 2.71. The molecular formula is C12H7FN2OS. The van der Waals surface area contributed by atoms with Gasteiger partial charge < -0.3 is 4.42 Å². The van der Waals surface area contributed by atoms with Gasteiger partial charge >= 0.3 is 0 Å². The van der Waals surface area contributed by atoms with E-state index in [2.05, 4.69) is 9.97 Å². The van der Waals surface area contributed by atoms with Crippen molar-refractivity contribution in [1.82, 2.24) is 9.97 Å². The van der Waals surface area contributed by atoms with Crippen molar-refractivity contribution in [3.63, 3.8) is 0 Å². The molecule has 0 radical (unpaired) electrons. The summed E-state index contributed by atoms with van der Waals surface area (Å²) in [7, 11) is 0. The lowest BCUT2D eigenvalue weighted by atomic mass is 10.3. The molecule has 2 heterocycles. The van der Waals surface area contributed by atoms with Crippen LogP contribution in [0.5, 0.6) is 0 Å². The van der Waals surface area contributed by atoms with E-state index >= 15 is 0 Å². The molecule has 0 bridgehead atoms. The third-order valence-electron chi connectivity index (χ3n) is 2.18. The summed E-state index contributed by atoms with van der Waals surface area (Å²) in [6, 6.07) is 10.6. The highest BCUT2D eigenvalue weighted by Crippen LogP contribution is 2.29. The molecule has 0 atom stereocenters. The predicted molar refractivity (Wildman–Crippen MR) is 62.3 cm³/mol. The maximum atomic E-state index is 12.9. The fraction of sp³-hybridized carbons (Fsp3) is 0. The molecule has 0 N–H and O–H groups in total. The number of fused-ring (bicyclic) bond motifs is 1. The lowest BCUT2D eigenvalue weighted by Gasteiger charge is -1.95. The van der Waals surface area contributed by atoms with E-state index in [4.69, 9.17) is 4.42 Å². The quantitative estimate of drug-likeness (QED) is 0.648. The highest BCUT2D eigenvalue weighted by atomic mass is 32.2.